The summed E-state index contributed by atoms with van der Waals surface area (Å²) in [5.74, 6) is 0. The number of benzene rings is 2. The number of sulfonamides is 1. The standard InChI is InChI=1S/C15H12INO2S/c1-3-17(15-7-5-4-6-14(15)16)20(18,19)13-10-8-12(2)9-11-13/h1,4-11H,2H3. The highest BCUT2D eigenvalue weighted by Crippen LogP contribution is 2.27. The fourth-order valence-corrected chi connectivity index (χ4v) is 3.74. The van der Waals surface area contributed by atoms with Gasteiger partial charge in [-0.25, -0.2) is 8.42 Å². The third-order valence-electron chi connectivity index (χ3n) is 2.75. The maximum atomic E-state index is 12.6. The lowest BCUT2D eigenvalue weighted by atomic mass is 10.2. The Morgan fingerprint density at radius 1 is 1.10 bits per heavy atom. The minimum absolute atomic E-state index is 0.181. The molecule has 0 aromatic heterocycles. The van der Waals surface area contributed by atoms with E-state index in [0.29, 0.717) is 5.69 Å². The Morgan fingerprint density at radius 2 is 1.70 bits per heavy atom. The molecule has 5 heteroatoms. The SMILES string of the molecule is C#CN(c1ccccc1I)S(=O)(=O)c1ccc(C)cc1. The Bertz CT molecular complexity index is 761. The minimum Gasteiger partial charge on any atom is -0.200 e. The quantitative estimate of drug-likeness (QED) is 0.453. The Kier molecular flexibility index (Phi) is 4.35. The van der Waals surface area contributed by atoms with E-state index in [0.717, 1.165) is 13.4 Å². The van der Waals surface area contributed by atoms with Crippen LogP contribution in [0.15, 0.2) is 53.4 Å². The van der Waals surface area contributed by atoms with Gasteiger partial charge in [0.25, 0.3) is 10.0 Å². The van der Waals surface area contributed by atoms with Gasteiger partial charge in [-0.15, -0.1) is 0 Å². The summed E-state index contributed by atoms with van der Waals surface area (Å²) in [6.07, 6.45) is 5.42. The number of terminal acetylenes is 1. The Morgan fingerprint density at radius 3 is 2.25 bits per heavy atom. The number of hydrogen-bond donors (Lipinski definition) is 0. The van der Waals surface area contributed by atoms with E-state index in [1.165, 1.54) is 0 Å². The second-order valence-electron chi connectivity index (χ2n) is 4.16. The van der Waals surface area contributed by atoms with E-state index in [4.69, 9.17) is 6.42 Å². The first kappa shape index (κ1) is 14.9. The molecule has 2 rings (SSSR count). The first-order valence-corrected chi connectivity index (χ1v) is 8.31. The molecule has 0 atom stereocenters. The van der Waals surface area contributed by atoms with Crippen molar-refractivity contribution in [3.05, 3.63) is 57.7 Å². The molecule has 2 aromatic rings. The highest BCUT2D eigenvalue weighted by atomic mass is 127. The lowest BCUT2D eigenvalue weighted by molar-refractivity contribution is 0.596. The zero-order chi connectivity index (χ0) is 14.8. The first-order valence-electron chi connectivity index (χ1n) is 5.79. The molecule has 0 heterocycles. The van der Waals surface area contributed by atoms with Crippen molar-refractivity contribution in [3.63, 3.8) is 0 Å². The predicted octanol–water partition coefficient (Wildman–Crippen LogP) is 3.39. The maximum Gasteiger partial charge on any atom is 0.275 e. The van der Waals surface area contributed by atoms with Gasteiger partial charge in [0.05, 0.1) is 10.6 Å². The summed E-state index contributed by atoms with van der Waals surface area (Å²) < 4.78 is 27.0. The van der Waals surface area contributed by atoms with Crippen molar-refractivity contribution >= 4 is 38.3 Å². The second-order valence-corrected chi connectivity index (χ2v) is 7.11. The summed E-state index contributed by atoms with van der Waals surface area (Å²) in [6, 6.07) is 16.0. The molecule has 0 N–H and O–H groups in total. The van der Waals surface area contributed by atoms with E-state index in [9.17, 15) is 8.42 Å². The molecule has 0 aliphatic heterocycles. The van der Waals surface area contributed by atoms with Gasteiger partial charge in [-0.3, -0.25) is 0 Å². The van der Waals surface area contributed by atoms with Gasteiger partial charge in [0.15, 0.2) is 0 Å². The Hall–Kier alpha value is -1.52. The van der Waals surface area contributed by atoms with Crippen molar-refractivity contribution in [1.82, 2.24) is 0 Å². The maximum absolute atomic E-state index is 12.6. The summed E-state index contributed by atoms with van der Waals surface area (Å²) >= 11 is 2.06. The molecule has 0 aliphatic carbocycles. The second kappa shape index (κ2) is 5.85. The van der Waals surface area contributed by atoms with Crippen LogP contribution >= 0.6 is 22.6 Å². The van der Waals surface area contributed by atoms with Crippen LogP contribution in [0, 0.1) is 23.0 Å². The molecule has 0 aliphatic rings. The highest BCUT2D eigenvalue weighted by Gasteiger charge is 2.24. The number of nitrogens with zero attached hydrogens (tertiary/aromatic N) is 1. The highest BCUT2D eigenvalue weighted by molar-refractivity contribution is 14.1. The molecule has 0 bridgehead atoms. The van der Waals surface area contributed by atoms with Gasteiger partial charge in [0.2, 0.25) is 0 Å². The fourth-order valence-electron chi connectivity index (χ4n) is 1.70. The Labute approximate surface area is 132 Å². The number of aryl methyl sites for hydroxylation is 1. The summed E-state index contributed by atoms with van der Waals surface area (Å²) in [5.41, 5.74) is 1.47. The van der Waals surface area contributed by atoms with Crippen LogP contribution in [0.25, 0.3) is 0 Å². The number of hydrogen-bond acceptors (Lipinski definition) is 2. The van der Waals surface area contributed by atoms with Crippen LogP contribution in [0.2, 0.25) is 0 Å². The zero-order valence-corrected chi connectivity index (χ0v) is 13.7. The lowest BCUT2D eigenvalue weighted by Crippen LogP contribution is -2.26. The first-order chi connectivity index (χ1) is 9.46. The largest absolute Gasteiger partial charge is 0.275 e. The molecule has 3 nitrogen and oxygen atoms in total. The average molecular weight is 397 g/mol. The molecule has 2 aromatic carbocycles. The number of rotatable bonds is 3. The van der Waals surface area contributed by atoms with Gasteiger partial charge in [-0.05, 0) is 53.8 Å². The molecule has 0 amide bonds. The van der Waals surface area contributed by atoms with Gasteiger partial charge in [0, 0.05) is 9.61 Å². The molecule has 102 valence electrons. The molecule has 0 fully saturated rings. The number of para-hydroxylation sites is 1. The molecule has 0 saturated heterocycles. The molecule has 0 saturated carbocycles. The van der Waals surface area contributed by atoms with E-state index < -0.39 is 10.0 Å². The number of anilines is 1. The van der Waals surface area contributed by atoms with Crippen LogP contribution in [-0.2, 0) is 10.0 Å². The van der Waals surface area contributed by atoms with Crippen LogP contribution in [0.1, 0.15) is 5.56 Å². The van der Waals surface area contributed by atoms with E-state index in [1.807, 2.05) is 19.1 Å². The van der Waals surface area contributed by atoms with Crippen molar-refractivity contribution in [3.8, 4) is 12.5 Å². The zero-order valence-electron chi connectivity index (χ0n) is 10.7. The summed E-state index contributed by atoms with van der Waals surface area (Å²) in [7, 11) is -3.75. The molecule has 0 unspecified atom stereocenters. The molecule has 0 radical (unpaired) electrons. The van der Waals surface area contributed by atoms with Crippen molar-refractivity contribution in [2.45, 2.75) is 11.8 Å². The van der Waals surface area contributed by atoms with Gasteiger partial charge >= 0.3 is 0 Å². The molecular formula is C15H12INO2S. The third kappa shape index (κ3) is 2.81. The van der Waals surface area contributed by atoms with Crippen molar-refractivity contribution in [2.24, 2.45) is 0 Å². The summed E-state index contributed by atoms with van der Waals surface area (Å²) in [4.78, 5) is 0.181. The van der Waals surface area contributed by atoms with Gasteiger partial charge < -0.3 is 0 Å². The van der Waals surface area contributed by atoms with E-state index >= 15 is 0 Å². The minimum atomic E-state index is -3.75. The van der Waals surface area contributed by atoms with Crippen LogP contribution in [0.4, 0.5) is 5.69 Å². The van der Waals surface area contributed by atoms with Gasteiger partial charge in [-0.2, -0.15) is 4.31 Å². The molecule has 0 spiro atoms. The number of halogens is 1. The summed E-state index contributed by atoms with van der Waals surface area (Å²) in [5, 5.41) is 0. The topological polar surface area (TPSA) is 37.4 Å². The normalized spacial score (nSPS) is 10.8. The van der Waals surface area contributed by atoms with Gasteiger partial charge in [-0.1, -0.05) is 36.3 Å². The van der Waals surface area contributed by atoms with Crippen LogP contribution in [0.5, 0.6) is 0 Å². The monoisotopic (exact) mass is 397 g/mol. The van der Waals surface area contributed by atoms with Crippen LogP contribution < -0.4 is 4.31 Å². The van der Waals surface area contributed by atoms with Crippen molar-refractivity contribution in [2.75, 3.05) is 4.31 Å². The van der Waals surface area contributed by atoms with E-state index in [1.54, 1.807) is 36.4 Å². The van der Waals surface area contributed by atoms with Crippen LogP contribution in [-0.4, -0.2) is 8.42 Å². The fraction of sp³-hybridized carbons (Fsp3) is 0.0667. The summed E-state index contributed by atoms with van der Waals surface area (Å²) in [6.45, 7) is 1.90. The van der Waals surface area contributed by atoms with Crippen LogP contribution in [0.3, 0.4) is 0 Å². The molecular weight excluding hydrogens is 385 g/mol. The smallest absolute Gasteiger partial charge is 0.200 e. The van der Waals surface area contributed by atoms with Crippen molar-refractivity contribution < 1.29 is 8.42 Å². The molecule has 20 heavy (non-hydrogen) atoms. The lowest BCUT2D eigenvalue weighted by Gasteiger charge is -2.19. The van der Waals surface area contributed by atoms with E-state index in [-0.39, 0.29) is 4.90 Å². The predicted molar refractivity (Wildman–Crippen MR) is 88.8 cm³/mol. The third-order valence-corrected chi connectivity index (χ3v) is 5.31. The van der Waals surface area contributed by atoms with Gasteiger partial charge in [0.1, 0.15) is 0 Å². The Balaban J connectivity index is 2.55. The van der Waals surface area contributed by atoms with E-state index in [2.05, 4.69) is 28.6 Å². The van der Waals surface area contributed by atoms with Crippen molar-refractivity contribution in [1.29, 1.82) is 0 Å². The average Bonchev–Trinajstić information content (AvgIpc) is 2.42.